The summed E-state index contributed by atoms with van der Waals surface area (Å²) in [6.07, 6.45) is 2.83. The Hall–Kier alpha value is -1.81. The predicted molar refractivity (Wildman–Crippen MR) is 88.6 cm³/mol. The molecule has 1 aromatic carbocycles. The van der Waals surface area contributed by atoms with Crippen LogP contribution < -0.4 is 0 Å². The highest BCUT2D eigenvalue weighted by Crippen LogP contribution is 2.16. The van der Waals surface area contributed by atoms with Crippen molar-refractivity contribution in [2.45, 2.75) is 39.8 Å². The summed E-state index contributed by atoms with van der Waals surface area (Å²) in [6.45, 7) is 7.45. The number of nitrogens with zero attached hydrogens (tertiary/aromatic N) is 1. The molecule has 120 valence electrons. The molecule has 0 heterocycles. The van der Waals surface area contributed by atoms with Crippen LogP contribution in [0.1, 0.15) is 33.3 Å². The number of esters is 1. The second-order valence-corrected chi connectivity index (χ2v) is 5.86. The average molecular weight is 324 g/mol. The number of benzene rings is 1. The summed E-state index contributed by atoms with van der Waals surface area (Å²) in [5, 5.41) is 0.549. The minimum atomic E-state index is -0.569. The second kappa shape index (κ2) is 8.59. The maximum absolute atomic E-state index is 12.1. The number of ether oxygens (including phenoxy) is 1. The molecule has 0 aliphatic rings. The largest absolute Gasteiger partial charge is 0.452 e. The molecule has 22 heavy (non-hydrogen) atoms. The van der Waals surface area contributed by atoms with Crippen LogP contribution in [0.25, 0.3) is 6.08 Å². The molecule has 1 rings (SSSR count). The lowest BCUT2D eigenvalue weighted by atomic mass is 10.2. The molecular formula is C17H22ClNO3. The van der Waals surface area contributed by atoms with Crippen molar-refractivity contribution in [1.82, 2.24) is 4.90 Å². The SMILES string of the molecule is CC(C)N(C(=O)COC(=O)C=Cc1ccccc1Cl)C(C)C. The highest BCUT2D eigenvalue weighted by atomic mass is 35.5. The van der Waals surface area contributed by atoms with E-state index >= 15 is 0 Å². The Morgan fingerprint density at radius 2 is 1.77 bits per heavy atom. The zero-order valence-electron chi connectivity index (χ0n) is 13.4. The van der Waals surface area contributed by atoms with E-state index in [0.29, 0.717) is 5.02 Å². The first-order chi connectivity index (χ1) is 10.3. The fourth-order valence-corrected chi connectivity index (χ4v) is 2.39. The van der Waals surface area contributed by atoms with E-state index in [1.54, 1.807) is 23.1 Å². The predicted octanol–water partition coefficient (Wildman–Crippen LogP) is 3.54. The number of carbonyl (C=O) groups excluding carboxylic acids is 2. The zero-order chi connectivity index (χ0) is 16.7. The lowest BCUT2D eigenvalue weighted by molar-refractivity contribution is -0.150. The third-order valence-electron chi connectivity index (χ3n) is 3.04. The number of amides is 1. The van der Waals surface area contributed by atoms with Crippen LogP contribution in [0.3, 0.4) is 0 Å². The Bertz CT molecular complexity index is 545. The molecule has 0 radical (unpaired) electrons. The van der Waals surface area contributed by atoms with Crippen LogP contribution in [0.2, 0.25) is 5.02 Å². The summed E-state index contributed by atoms with van der Waals surface area (Å²) < 4.78 is 4.99. The van der Waals surface area contributed by atoms with Crippen molar-refractivity contribution in [2.24, 2.45) is 0 Å². The monoisotopic (exact) mass is 323 g/mol. The van der Waals surface area contributed by atoms with Gasteiger partial charge in [0.25, 0.3) is 5.91 Å². The van der Waals surface area contributed by atoms with E-state index in [2.05, 4.69) is 0 Å². The maximum Gasteiger partial charge on any atom is 0.331 e. The van der Waals surface area contributed by atoms with Crippen LogP contribution >= 0.6 is 11.6 Å². The third kappa shape index (κ3) is 5.53. The van der Waals surface area contributed by atoms with Gasteiger partial charge < -0.3 is 9.64 Å². The Morgan fingerprint density at radius 3 is 2.32 bits per heavy atom. The van der Waals surface area contributed by atoms with Crippen molar-refractivity contribution in [2.75, 3.05) is 6.61 Å². The van der Waals surface area contributed by atoms with Crippen molar-refractivity contribution in [3.8, 4) is 0 Å². The Balaban J connectivity index is 2.56. The zero-order valence-corrected chi connectivity index (χ0v) is 14.1. The third-order valence-corrected chi connectivity index (χ3v) is 3.39. The van der Waals surface area contributed by atoms with Crippen LogP contribution in [0.4, 0.5) is 0 Å². The number of rotatable bonds is 6. The van der Waals surface area contributed by atoms with Gasteiger partial charge in [0.2, 0.25) is 0 Å². The summed E-state index contributed by atoms with van der Waals surface area (Å²) in [5.74, 6) is -0.773. The molecule has 1 amide bonds. The molecule has 4 nitrogen and oxygen atoms in total. The van der Waals surface area contributed by atoms with Crippen LogP contribution in [-0.2, 0) is 14.3 Å². The lowest BCUT2D eigenvalue weighted by Gasteiger charge is -2.30. The highest BCUT2D eigenvalue weighted by molar-refractivity contribution is 6.32. The average Bonchev–Trinajstić information content (AvgIpc) is 2.43. The van der Waals surface area contributed by atoms with Crippen LogP contribution in [0.5, 0.6) is 0 Å². The van der Waals surface area contributed by atoms with E-state index in [4.69, 9.17) is 16.3 Å². The number of carbonyl (C=O) groups is 2. The Kier molecular flexibility index (Phi) is 7.12. The minimum Gasteiger partial charge on any atom is -0.452 e. The molecule has 0 N–H and O–H groups in total. The Labute approximate surface area is 136 Å². The highest BCUT2D eigenvalue weighted by Gasteiger charge is 2.20. The van der Waals surface area contributed by atoms with Gasteiger partial charge in [-0.05, 0) is 45.4 Å². The van der Waals surface area contributed by atoms with E-state index in [-0.39, 0.29) is 24.6 Å². The Morgan fingerprint density at radius 1 is 1.18 bits per heavy atom. The molecule has 0 aliphatic heterocycles. The summed E-state index contributed by atoms with van der Waals surface area (Å²) in [7, 11) is 0. The lowest BCUT2D eigenvalue weighted by Crippen LogP contribution is -2.44. The minimum absolute atomic E-state index is 0.0601. The van der Waals surface area contributed by atoms with Gasteiger partial charge in [-0.3, -0.25) is 4.79 Å². The fourth-order valence-electron chi connectivity index (χ4n) is 2.20. The molecule has 0 unspecified atom stereocenters. The maximum atomic E-state index is 12.1. The summed E-state index contributed by atoms with van der Waals surface area (Å²) >= 11 is 5.98. The van der Waals surface area contributed by atoms with E-state index in [1.165, 1.54) is 6.08 Å². The van der Waals surface area contributed by atoms with E-state index in [9.17, 15) is 9.59 Å². The van der Waals surface area contributed by atoms with Gasteiger partial charge in [-0.25, -0.2) is 4.79 Å². The molecule has 0 aliphatic carbocycles. The first-order valence-electron chi connectivity index (χ1n) is 7.23. The van der Waals surface area contributed by atoms with Crippen molar-refractivity contribution < 1.29 is 14.3 Å². The molecule has 0 spiro atoms. The first-order valence-corrected chi connectivity index (χ1v) is 7.61. The van der Waals surface area contributed by atoms with Gasteiger partial charge >= 0.3 is 5.97 Å². The molecule has 0 atom stereocenters. The van der Waals surface area contributed by atoms with E-state index in [0.717, 1.165) is 5.56 Å². The number of hydrogen-bond acceptors (Lipinski definition) is 3. The van der Waals surface area contributed by atoms with Gasteiger partial charge in [-0.2, -0.15) is 0 Å². The van der Waals surface area contributed by atoms with Crippen LogP contribution in [0.15, 0.2) is 30.3 Å². The molecule has 0 fully saturated rings. The molecule has 0 saturated carbocycles. The van der Waals surface area contributed by atoms with Crippen LogP contribution in [0, 0.1) is 0 Å². The second-order valence-electron chi connectivity index (χ2n) is 5.45. The molecule has 5 heteroatoms. The molecule has 0 bridgehead atoms. The topological polar surface area (TPSA) is 46.6 Å². The van der Waals surface area contributed by atoms with Gasteiger partial charge in [0.15, 0.2) is 6.61 Å². The van der Waals surface area contributed by atoms with Crippen molar-refractivity contribution in [3.63, 3.8) is 0 Å². The van der Waals surface area contributed by atoms with Crippen molar-refractivity contribution in [1.29, 1.82) is 0 Å². The van der Waals surface area contributed by atoms with Gasteiger partial charge in [0.1, 0.15) is 0 Å². The molecule has 0 saturated heterocycles. The fraction of sp³-hybridized carbons (Fsp3) is 0.412. The molecule has 0 aromatic heterocycles. The van der Waals surface area contributed by atoms with Crippen molar-refractivity contribution in [3.05, 3.63) is 40.9 Å². The van der Waals surface area contributed by atoms with Gasteiger partial charge in [0, 0.05) is 23.2 Å². The van der Waals surface area contributed by atoms with Gasteiger partial charge in [-0.15, -0.1) is 0 Å². The van der Waals surface area contributed by atoms with Gasteiger partial charge in [0.05, 0.1) is 0 Å². The summed E-state index contributed by atoms with van der Waals surface area (Å²) in [6, 6.07) is 7.28. The normalized spacial score (nSPS) is 11.2. The summed E-state index contributed by atoms with van der Waals surface area (Å²) in [5.41, 5.74) is 0.721. The van der Waals surface area contributed by atoms with Crippen LogP contribution in [-0.4, -0.2) is 35.5 Å². The number of hydrogen-bond donors (Lipinski definition) is 0. The molecular weight excluding hydrogens is 302 g/mol. The van der Waals surface area contributed by atoms with Crippen molar-refractivity contribution >= 4 is 29.6 Å². The smallest absolute Gasteiger partial charge is 0.331 e. The summed E-state index contributed by atoms with van der Waals surface area (Å²) in [4.78, 5) is 25.4. The number of halogens is 1. The van der Waals surface area contributed by atoms with E-state index < -0.39 is 5.97 Å². The first kappa shape index (κ1) is 18.2. The standard InChI is InChI=1S/C17H22ClNO3/c1-12(2)19(13(3)4)16(20)11-22-17(21)10-9-14-7-5-6-8-15(14)18/h5-10,12-13H,11H2,1-4H3. The van der Waals surface area contributed by atoms with E-state index in [1.807, 2.05) is 39.8 Å². The molecule has 1 aromatic rings. The van der Waals surface area contributed by atoms with Gasteiger partial charge in [-0.1, -0.05) is 29.8 Å². The quantitative estimate of drug-likeness (QED) is 0.594.